The molecule has 0 aromatic rings. The third kappa shape index (κ3) is 6.95. The molecule has 4 atom stereocenters. The van der Waals surface area contributed by atoms with Crippen molar-refractivity contribution < 1.29 is 29.4 Å². The van der Waals surface area contributed by atoms with Crippen LogP contribution in [0.2, 0.25) is 0 Å². The summed E-state index contributed by atoms with van der Waals surface area (Å²) in [5.74, 6) is -4.62. The monoisotopic (exact) mass is 345 g/mol. The van der Waals surface area contributed by atoms with E-state index in [0.717, 1.165) is 0 Å². The third-order valence-electron chi connectivity index (χ3n) is 3.80. The number of nitrogens with two attached hydrogens (primary N) is 1. The minimum Gasteiger partial charge on any atom is -0.481 e. The van der Waals surface area contributed by atoms with E-state index in [1.165, 1.54) is 0 Å². The van der Waals surface area contributed by atoms with Crippen LogP contribution >= 0.6 is 0 Å². The van der Waals surface area contributed by atoms with E-state index in [1.807, 2.05) is 6.92 Å². The van der Waals surface area contributed by atoms with Crippen molar-refractivity contribution in [2.24, 2.45) is 17.6 Å². The molecule has 6 N–H and O–H groups in total. The number of nitrogens with one attached hydrogen (secondary N) is 2. The van der Waals surface area contributed by atoms with Gasteiger partial charge in [-0.2, -0.15) is 0 Å². The molecule has 0 unspecified atom stereocenters. The standard InChI is InChI=1S/C15H27N3O6/c1-5-8(4)11(16)14(22)17-9(6-10(19)20)13(21)18-12(7(2)3)15(23)24/h7-9,11-12H,5-6,16H2,1-4H3,(H,17,22)(H,18,21)(H,19,20)(H,23,24)/t8-,9-,11-,12-/m0/s1. The highest BCUT2D eigenvalue weighted by molar-refractivity contribution is 5.94. The van der Waals surface area contributed by atoms with Gasteiger partial charge in [0, 0.05) is 0 Å². The minimum atomic E-state index is -1.40. The van der Waals surface area contributed by atoms with Gasteiger partial charge in [0.05, 0.1) is 12.5 Å². The Bertz CT molecular complexity index is 480. The van der Waals surface area contributed by atoms with Crippen LogP contribution in [-0.2, 0) is 19.2 Å². The summed E-state index contributed by atoms with van der Waals surface area (Å²) in [7, 11) is 0. The molecule has 0 radical (unpaired) electrons. The van der Waals surface area contributed by atoms with Gasteiger partial charge in [0.1, 0.15) is 12.1 Å². The molecule has 0 heterocycles. The zero-order valence-electron chi connectivity index (χ0n) is 14.4. The lowest BCUT2D eigenvalue weighted by Crippen LogP contribution is -2.56. The Morgan fingerprint density at radius 1 is 1.00 bits per heavy atom. The molecule has 24 heavy (non-hydrogen) atoms. The maximum atomic E-state index is 12.2. The first-order chi connectivity index (χ1) is 11.0. The molecule has 0 saturated carbocycles. The molecule has 0 aliphatic rings. The molecule has 0 aliphatic heterocycles. The average molecular weight is 345 g/mol. The SMILES string of the molecule is CC[C@H](C)[C@H](N)C(=O)N[C@@H](CC(=O)O)C(=O)N[C@H](C(=O)O)C(C)C. The molecule has 0 fully saturated rings. The Hall–Kier alpha value is -2.16. The Labute approximate surface area is 141 Å². The summed E-state index contributed by atoms with van der Waals surface area (Å²) in [6.45, 7) is 6.81. The van der Waals surface area contributed by atoms with Gasteiger partial charge in [-0.05, 0) is 11.8 Å². The molecule has 0 saturated heterocycles. The van der Waals surface area contributed by atoms with Crippen LogP contribution in [0.1, 0.15) is 40.5 Å². The minimum absolute atomic E-state index is 0.152. The van der Waals surface area contributed by atoms with E-state index in [-0.39, 0.29) is 5.92 Å². The molecular formula is C15H27N3O6. The lowest BCUT2D eigenvalue weighted by molar-refractivity contribution is -0.144. The van der Waals surface area contributed by atoms with Crippen LogP contribution in [0.15, 0.2) is 0 Å². The first-order valence-electron chi connectivity index (χ1n) is 7.82. The van der Waals surface area contributed by atoms with Crippen LogP contribution in [0, 0.1) is 11.8 Å². The highest BCUT2D eigenvalue weighted by atomic mass is 16.4. The second-order valence-electron chi connectivity index (χ2n) is 6.14. The van der Waals surface area contributed by atoms with Gasteiger partial charge in [0.2, 0.25) is 11.8 Å². The summed E-state index contributed by atoms with van der Waals surface area (Å²) >= 11 is 0. The van der Waals surface area contributed by atoms with Crippen LogP contribution in [0.4, 0.5) is 0 Å². The van der Waals surface area contributed by atoms with Crippen LogP contribution in [0.5, 0.6) is 0 Å². The van der Waals surface area contributed by atoms with Crippen LogP contribution < -0.4 is 16.4 Å². The summed E-state index contributed by atoms with van der Waals surface area (Å²) in [5, 5.41) is 22.6. The maximum Gasteiger partial charge on any atom is 0.326 e. The number of carboxylic acid groups (broad SMARTS) is 2. The van der Waals surface area contributed by atoms with Crippen LogP contribution in [0.25, 0.3) is 0 Å². The van der Waals surface area contributed by atoms with Gasteiger partial charge in [0.25, 0.3) is 0 Å². The fourth-order valence-electron chi connectivity index (χ4n) is 1.93. The van der Waals surface area contributed by atoms with Crippen LogP contribution in [-0.4, -0.2) is 52.1 Å². The molecule has 0 aromatic heterocycles. The lowest BCUT2D eigenvalue weighted by atomic mass is 9.98. The van der Waals surface area contributed by atoms with E-state index >= 15 is 0 Å². The summed E-state index contributed by atoms with van der Waals surface area (Å²) in [6, 6.07) is -3.47. The first-order valence-corrected chi connectivity index (χ1v) is 7.82. The first kappa shape index (κ1) is 21.8. The zero-order valence-corrected chi connectivity index (χ0v) is 14.4. The summed E-state index contributed by atoms with van der Waals surface area (Å²) in [4.78, 5) is 46.3. The van der Waals surface area contributed by atoms with Crippen molar-refractivity contribution in [3.05, 3.63) is 0 Å². The molecule has 2 amide bonds. The van der Waals surface area contributed by atoms with Crippen molar-refractivity contribution in [1.29, 1.82) is 0 Å². The smallest absolute Gasteiger partial charge is 0.326 e. The normalized spacial score (nSPS) is 15.9. The van der Waals surface area contributed by atoms with E-state index in [1.54, 1.807) is 20.8 Å². The molecule has 0 spiro atoms. The number of hydrogen-bond donors (Lipinski definition) is 5. The predicted molar refractivity (Wildman–Crippen MR) is 86.0 cm³/mol. The largest absolute Gasteiger partial charge is 0.481 e. The van der Waals surface area contributed by atoms with E-state index in [0.29, 0.717) is 6.42 Å². The highest BCUT2D eigenvalue weighted by Gasteiger charge is 2.31. The van der Waals surface area contributed by atoms with E-state index in [2.05, 4.69) is 10.6 Å². The van der Waals surface area contributed by atoms with Crippen LogP contribution in [0.3, 0.4) is 0 Å². The van der Waals surface area contributed by atoms with E-state index < -0.39 is 54.2 Å². The van der Waals surface area contributed by atoms with Crippen molar-refractivity contribution in [3.63, 3.8) is 0 Å². The second kappa shape index (κ2) is 9.86. The Balaban J connectivity index is 5.12. The number of rotatable bonds is 10. The van der Waals surface area contributed by atoms with Gasteiger partial charge < -0.3 is 26.6 Å². The fraction of sp³-hybridized carbons (Fsp3) is 0.733. The number of amides is 2. The summed E-state index contributed by atoms with van der Waals surface area (Å²) < 4.78 is 0. The van der Waals surface area contributed by atoms with Crippen molar-refractivity contribution in [2.75, 3.05) is 0 Å². The quantitative estimate of drug-likeness (QED) is 0.358. The Kier molecular flexibility index (Phi) is 8.97. The van der Waals surface area contributed by atoms with E-state index in [4.69, 9.17) is 15.9 Å². The molecule has 9 heteroatoms. The van der Waals surface area contributed by atoms with Gasteiger partial charge in [-0.25, -0.2) is 4.79 Å². The predicted octanol–water partition coefficient (Wildman–Crippen LogP) is -0.455. The molecule has 9 nitrogen and oxygen atoms in total. The van der Waals surface area contributed by atoms with Crippen molar-refractivity contribution in [2.45, 2.75) is 58.7 Å². The van der Waals surface area contributed by atoms with Gasteiger partial charge in [-0.15, -0.1) is 0 Å². The number of hydrogen-bond acceptors (Lipinski definition) is 5. The number of carbonyl (C=O) groups is 4. The summed E-state index contributed by atoms with van der Waals surface area (Å²) in [6.07, 6.45) is -0.0337. The number of carboxylic acids is 2. The fourth-order valence-corrected chi connectivity index (χ4v) is 1.93. The molecule has 0 bridgehead atoms. The summed E-state index contributed by atoms with van der Waals surface area (Å²) in [5.41, 5.74) is 5.76. The Morgan fingerprint density at radius 3 is 1.92 bits per heavy atom. The maximum absolute atomic E-state index is 12.2. The van der Waals surface area contributed by atoms with Crippen molar-refractivity contribution in [1.82, 2.24) is 10.6 Å². The topological polar surface area (TPSA) is 159 Å². The third-order valence-corrected chi connectivity index (χ3v) is 3.80. The molecule has 0 aromatic carbocycles. The molecule has 0 rings (SSSR count). The van der Waals surface area contributed by atoms with Gasteiger partial charge in [-0.1, -0.05) is 34.1 Å². The van der Waals surface area contributed by atoms with Gasteiger partial charge in [0.15, 0.2) is 0 Å². The number of carbonyl (C=O) groups excluding carboxylic acids is 2. The second-order valence-corrected chi connectivity index (χ2v) is 6.14. The zero-order chi connectivity index (χ0) is 19.0. The lowest BCUT2D eigenvalue weighted by Gasteiger charge is -2.24. The Morgan fingerprint density at radius 2 is 1.54 bits per heavy atom. The molecule has 138 valence electrons. The molecule has 0 aliphatic carbocycles. The molecular weight excluding hydrogens is 318 g/mol. The van der Waals surface area contributed by atoms with E-state index in [9.17, 15) is 19.2 Å². The van der Waals surface area contributed by atoms with Gasteiger partial charge in [-0.3, -0.25) is 14.4 Å². The van der Waals surface area contributed by atoms with Crippen molar-refractivity contribution >= 4 is 23.8 Å². The van der Waals surface area contributed by atoms with Crippen molar-refractivity contribution in [3.8, 4) is 0 Å². The average Bonchev–Trinajstić information content (AvgIpc) is 2.48. The van der Waals surface area contributed by atoms with Gasteiger partial charge >= 0.3 is 11.9 Å². The highest BCUT2D eigenvalue weighted by Crippen LogP contribution is 2.07. The number of aliphatic carboxylic acids is 2.